The van der Waals surface area contributed by atoms with Crippen molar-refractivity contribution >= 4 is 10.2 Å². The van der Waals surface area contributed by atoms with E-state index in [4.69, 9.17) is 5.73 Å². The van der Waals surface area contributed by atoms with Crippen molar-refractivity contribution in [2.24, 2.45) is 5.73 Å². The zero-order valence-electron chi connectivity index (χ0n) is 9.83. The summed E-state index contributed by atoms with van der Waals surface area (Å²) < 4.78 is 27.3. The van der Waals surface area contributed by atoms with Crippen LogP contribution in [0.2, 0.25) is 0 Å². The van der Waals surface area contributed by atoms with Crippen LogP contribution in [0.3, 0.4) is 0 Å². The van der Waals surface area contributed by atoms with Gasteiger partial charge >= 0.3 is 0 Å². The fourth-order valence-corrected chi connectivity index (χ4v) is 2.16. The summed E-state index contributed by atoms with van der Waals surface area (Å²) in [4.78, 5) is 3.91. The molecule has 0 fully saturated rings. The third-order valence-electron chi connectivity index (χ3n) is 2.27. The van der Waals surface area contributed by atoms with E-state index in [9.17, 15) is 8.42 Å². The number of nitrogens with zero attached hydrogens (tertiary/aromatic N) is 2. The lowest BCUT2D eigenvalue weighted by molar-refractivity contribution is 0.452. The number of rotatable bonds is 7. The van der Waals surface area contributed by atoms with Crippen molar-refractivity contribution in [1.82, 2.24) is 14.0 Å². The van der Waals surface area contributed by atoms with E-state index in [-0.39, 0.29) is 6.54 Å². The first-order valence-corrected chi connectivity index (χ1v) is 6.80. The second-order valence-electron chi connectivity index (χ2n) is 3.65. The molecule has 7 heteroatoms. The molecule has 96 valence electrons. The van der Waals surface area contributed by atoms with Gasteiger partial charge in [-0.15, -0.1) is 0 Å². The molecule has 0 atom stereocenters. The average Bonchev–Trinajstić information content (AvgIpc) is 2.35. The fourth-order valence-electron chi connectivity index (χ4n) is 1.22. The van der Waals surface area contributed by atoms with E-state index in [1.54, 1.807) is 18.5 Å². The van der Waals surface area contributed by atoms with Crippen LogP contribution in [0.25, 0.3) is 0 Å². The lowest BCUT2D eigenvalue weighted by Gasteiger charge is -2.17. The zero-order chi connectivity index (χ0) is 12.7. The van der Waals surface area contributed by atoms with Gasteiger partial charge in [-0.3, -0.25) is 4.98 Å². The number of pyridine rings is 1. The molecule has 0 spiro atoms. The lowest BCUT2D eigenvalue weighted by atomic mass is 10.3. The molecule has 0 saturated carbocycles. The molecule has 1 rings (SSSR count). The average molecular weight is 258 g/mol. The summed E-state index contributed by atoms with van der Waals surface area (Å²) >= 11 is 0. The smallest absolute Gasteiger partial charge is 0.279 e. The van der Waals surface area contributed by atoms with Gasteiger partial charge in [-0.25, -0.2) is 0 Å². The Morgan fingerprint density at radius 3 is 2.88 bits per heavy atom. The normalized spacial score (nSPS) is 11.9. The van der Waals surface area contributed by atoms with Crippen LogP contribution in [0.4, 0.5) is 0 Å². The van der Waals surface area contributed by atoms with Gasteiger partial charge in [0, 0.05) is 32.5 Å². The lowest BCUT2D eigenvalue weighted by Crippen LogP contribution is -2.38. The monoisotopic (exact) mass is 258 g/mol. The SMILES string of the molecule is CN(CCCN)S(=O)(=O)NCc1cccnc1. The van der Waals surface area contributed by atoms with E-state index in [0.717, 1.165) is 5.56 Å². The van der Waals surface area contributed by atoms with Gasteiger partial charge in [0.2, 0.25) is 0 Å². The van der Waals surface area contributed by atoms with Crippen LogP contribution in [0.5, 0.6) is 0 Å². The second kappa shape index (κ2) is 6.65. The van der Waals surface area contributed by atoms with E-state index < -0.39 is 10.2 Å². The molecule has 1 aromatic heterocycles. The van der Waals surface area contributed by atoms with Crippen LogP contribution in [-0.4, -0.2) is 37.8 Å². The molecule has 0 aromatic carbocycles. The van der Waals surface area contributed by atoms with E-state index in [2.05, 4.69) is 9.71 Å². The van der Waals surface area contributed by atoms with Gasteiger partial charge in [0.25, 0.3) is 10.2 Å². The number of aromatic nitrogens is 1. The highest BCUT2D eigenvalue weighted by atomic mass is 32.2. The highest BCUT2D eigenvalue weighted by Gasteiger charge is 2.15. The first kappa shape index (κ1) is 14.0. The quantitative estimate of drug-likeness (QED) is 0.702. The molecule has 0 saturated heterocycles. The Balaban J connectivity index is 2.50. The maximum Gasteiger partial charge on any atom is 0.279 e. The summed E-state index contributed by atoms with van der Waals surface area (Å²) in [6.45, 7) is 1.13. The molecule has 0 aliphatic carbocycles. The summed E-state index contributed by atoms with van der Waals surface area (Å²) in [6, 6.07) is 3.58. The number of hydrogen-bond acceptors (Lipinski definition) is 4. The van der Waals surface area contributed by atoms with Gasteiger partial charge in [0.1, 0.15) is 0 Å². The molecule has 0 unspecified atom stereocenters. The van der Waals surface area contributed by atoms with E-state index in [1.807, 2.05) is 6.07 Å². The van der Waals surface area contributed by atoms with Crippen molar-refractivity contribution in [1.29, 1.82) is 0 Å². The predicted octanol–water partition coefficient (Wildman–Crippen LogP) is -0.303. The van der Waals surface area contributed by atoms with Crippen LogP contribution in [0, 0.1) is 0 Å². The molecule has 0 aliphatic rings. The first-order chi connectivity index (χ1) is 8.06. The molecule has 3 N–H and O–H groups in total. The maximum absolute atomic E-state index is 11.8. The van der Waals surface area contributed by atoms with Crippen molar-refractivity contribution < 1.29 is 8.42 Å². The summed E-state index contributed by atoms with van der Waals surface area (Å²) in [5, 5.41) is 0. The molecular weight excluding hydrogens is 240 g/mol. The van der Waals surface area contributed by atoms with Gasteiger partial charge in [0.15, 0.2) is 0 Å². The Morgan fingerprint density at radius 2 is 2.29 bits per heavy atom. The molecule has 1 aromatic rings. The third-order valence-corrected chi connectivity index (χ3v) is 3.78. The van der Waals surface area contributed by atoms with Crippen LogP contribution in [0.15, 0.2) is 24.5 Å². The molecule has 17 heavy (non-hydrogen) atoms. The highest BCUT2D eigenvalue weighted by Crippen LogP contribution is 1.99. The van der Waals surface area contributed by atoms with E-state index in [1.165, 1.54) is 11.4 Å². The van der Waals surface area contributed by atoms with Gasteiger partial charge in [-0.05, 0) is 24.6 Å². The molecule has 6 nitrogen and oxygen atoms in total. The van der Waals surface area contributed by atoms with Crippen LogP contribution in [-0.2, 0) is 16.8 Å². The van der Waals surface area contributed by atoms with Gasteiger partial charge < -0.3 is 5.73 Å². The Labute approximate surface area is 102 Å². The van der Waals surface area contributed by atoms with Crippen LogP contribution >= 0.6 is 0 Å². The Kier molecular flexibility index (Phi) is 5.49. The molecule has 0 radical (unpaired) electrons. The van der Waals surface area contributed by atoms with Crippen LogP contribution < -0.4 is 10.5 Å². The minimum Gasteiger partial charge on any atom is -0.330 e. The van der Waals surface area contributed by atoms with Crippen molar-refractivity contribution in [3.05, 3.63) is 30.1 Å². The molecule has 0 aliphatic heterocycles. The Hall–Kier alpha value is -1.02. The van der Waals surface area contributed by atoms with E-state index in [0.29, 0.717) is 19.5 Å². The van der Waals surface area contributed by atoms with Gasteiger partial charge in [0.05, 0.1) is 0 Å². The molecule has 0 bridgehead atoms. The molecule has 0 amide bonds. The number of nitrogens with two attached hydrogens (primary N) is 1. The number of nitrogens with one attached hydrogen (secondary N) is 1. The number of hydrogen-bond donors (Lipinski definition) is 2. The topological polar surface area (TPSA) is 88.3 Å². The third kappa shape index (κ3) is 4.78. The zero-order valence-corrected chi connectivity index (χ0v) is 10.7. The summed E-state index contributed by atoms with van der Waals surface area (Å²) in [5.74, 6) is 0. The standard InChI is InChI=1S/C10H18N4O2S/c1-14(7-3-5-11)17(15,16)13-9-10-4-2-6-12-8-10/h2,4,6,8,13H,3,5,7,9,11H2,1H3. The second-order valence-corrected chi connectivity index (χ2v) is 5.51. The molecule has 1 heterocycles. The minimum atomic E-state index is -3.43. The first-order valence-electron chi connectivity index (χ1n) is 5.36. The summed E-state index contributed by atoms with van der Waals surface area (Å²) in [7, 11) is -1.90. The van der Waals surface area contributed by atoms with Crippen molar-refractivity contribution in [2.75, 3.05) is 20.1 Å². The summed E-state index contributed by atoms with van der Waals surface area (Å²) in [6.07, 6.45) is 3.91. The van der Waals surface area contributed by atoms with Crippen molar-refractivity contribution in [3.8, 4) is 0 Å². The fraction of sp³-hybridized carbons (Fsp3) is 0.500. The maximum atomic E-state index is 11.8. The minimum absolute atomic E-state index is 0.239. The highest BCUT2D eigenvalue weighted by molar-refractivity contribution is 7.87. The van der Waals surface area contributed by atoms with E-state index >= 15 is 0 Å². The van der Waals surface area contributed by atoms with Crippen LogP contribution in [0.1, 0.15) is 12.0 Å². The predicted molar refractivity (Wildman–Crippen MR) is 66.3 cm³/mol. The summed E-state index contributed by atoms with van der Waals surface area (Å²) in [5.41, 5.74) is 6.16. The van der Waals surface area contributed by atoms with Crippen molar-refractivity contribution in [3.63, 3.8) is 0 Å². The largest absolute Gasteiger partial charge is 0.330 e. The Morgan fingerprint density at radius 1 is 1.53 bits per heavy atom. The Bertz CT molecular complexity index is 421. The molecular formula is C10H18N4O2S. The van der Waals surface area contributed by atoms with Crippen molar-refractivity contribution in [2.45, 2.75) is 13.0 Å². The van der Waals surface area contributed by atoms with Gasteiger partial charge in [-0.1, -0.05) is 6.07 Å². The van der Waals surface area contributed by atoms with Gasteiger partial charge in [-0.2, -0.15) is 17.4 Å².